The summed E-state index contributed by atoms with van der Waals surface area (Å²) in [5, 5.41) is 14.1. The van der Waals surface area contributed by atoms with Crippen LogP contribution in [0.4, 0.5) is 5.69 Å². The Balaban J connectivity index is 0.000000884. The molecule has 0 aliphatic heterocycles. The molecule has 0 saturated carbocycles. The summed E-state index contributed by atoms with van der Waals surface area (Å²) in [6.07, 6.45) is 4.93. The number of nitriles is 1. The Morgan fingerprint density at radius 3 is 2.48 bits per heavy atom. The molecule has 5 heteroatoms. The Bertz CT molecular complexity index is 1070. The number of nitrogens with one attached hydrogen (secondary N) is 1. The van der Waals surface area contributed by atoms with E-state index >= 15 is 0 Å². The highest BCUT2D eigenvalue weighted by molar-refractivity contribution is 6.31. The van der Waals surface area contributed by atoms with E-state index in [0.29, 0.717) is 16.5 Å². The lowest BCUT2D eigenvalue weighted by Gasteiger charge is -2.10. The third kappa shape index (κ3) is 8.77. The van der Waals surface area contributed by atoms with Gasteiger partial charge in [0.1, 0.15) is 11.8 Å². The lowest BCUT2D eigenvalue weighted by molar-refractivity contribution is -0.111. The van der Waals surface area contributed by atoms with E-state index in [2.05, 4.69) is 11.9 Å². The summed E-state index contributed by atoms with van der Waals surface area (Å²) in [7, 11) is 0. The highest BCUT2D eigenvalue weighted by Crippen LogP contribution is 2.28. The molecule has 0 atom stereocenters. The fourth-order valence-electron chi connectivity index (χ4n) is 2.49. The SMILES string of the molecule is C=CC.CC.N#CCOc1ccc(Cl)cc1NC(=O)/C=C/c1ccc2ccccc2c1. The second kappa shape index (κ2) is 14.4. The first-order valence-corrected chi connectivity index (χ1v) is 10.3. The van der Waals surface area contributed by atoms with E-state index in [9.17, 15) is 4.79 Å². The number of allylic oxidation sites excluding steroid dienone is 1. The Morgan fingerprint density at radius 2 is 1.81 bits per heavy atom. The number of hydrogen-bond donors (Lipinski definition) is 1. The summed E-state index contributed by atoms with van der Waals surface area (Å²) in [5.74, 6) is 0.0747. The standard InChI is InChI=1S/C21H15ClN2O2.C3H6.C2H6/c22-18-8-9-20(26-12-11-23)19(14-18)24-21(25)10-6-15-5-7-16-3-1-2-4-17(16)13-15;1-3-2;1-2/h1-10,13-14H,12H2,(H,24,25);3H,1H2,2H3;1-2H3/b10-6+;;. The quantitative estimate of drug-likeness (QED) is 0.339. The second-order valence-electron chi connectivity index (χ2n) is 5.92. The monoisotopic (exact) mass is 434 g/mol. The zero-order chi connectivity index (χ0) is 23.1. The molecule has 0 bridgehead atoms. The van der Waals surface area contributed by atoms with Crippen LogP contribution < -0.4 is 10.1 Å². The van der Waals surface area contributed by atoms with Crippen molar-refractivity contribution in [3.8, 4) is 11.8 Å². The van der Waals surface area contributed by atoms with Gasteiger partial charge in [-0.1, -0.05) is 67.9 Å². The van der Waals surface area contributed by atoms with Gasteiger partial charge in [-0.2, -0.15) is 5.26 Å². The molecule has 0 aliphatic carbocycles. The Hall–Kier alpha value is -3.55. The van der Waals surface area contributed by atoms with Crippen molar-refractivity contribution < 1.29 is 9.53 Å². The minimum Gasteiger partial charge on any atom is -0.477 e. The van der Waals surface area contributed by atoms with E-state index < -0.39 is 0 Å². The molecular formula is C26H27ClN2O2. The van der Waals surface area contributed by atoms with Crippen molar-refractivity contribution in [2.75, 3.05) is 11.9 Å². The van der Waals surface area contributed by atoms with Gasteiger partial charge in [0.2, 0.25) is 5.91 Å². The molecule has 0 heterocycles. The number of nitrogens with zero attached hydrogens (tertiary/aromatic N) is 1. The van der Waals surface area contributed by atoms with Gasteiger partial charge in [-0.3, -0.25) is 4.79 Å². The predicted molar refractivity (Wildman–Crippen MR) is 131 cm³/mol. The molecule has 3 aromatic rings. The minimum atomic E-state index is -0.317. The Morgan fingerprint density at radius 1 is 1.13 bits per heavy atom. The highest BCUT2D eigenvalue weighted by Gasteiger charge is 2.07. The van der Waals surface area contributed by atoms with Crippen molar-refractivity contribution in [1.29, 1.82) is 5.26 Å². The zero-order valence-electron chi connectivity index (χ0n) is 18.1. The van der Waals surface area contributed by atoms with E-state index in [0.717, 1.165) is 16.3 Å². The molecule has 0 aromatic heterocycles. The molecular weight excluding hydrogens is 408 g/mol. The fourth-order valence-corrected chi connectivity index (χ4v) is 2.67. The van der Waals surface area contributed by atoms with E-state index in [1.165, 1.54) is 6.08 Å². The van der Waals surface area contributed by atoms with Gasteiger partial charge < -0.3 is 10.1 Å². The van der Waals surface area contributed by atoms with E-state index in [1.807, 2.05) is 69.3 Å². The van der Waals surface area contributed by atoms with Crippen LogP contribution in [0, 0.1) is 11.3 Å². The van der Waals surface area contributed by atoms with Crippen LogP contribution in [0.15, 0.2) is 79.4 Å². The first-order chi connectivity index (χ1) is 15.1. The van der Waals surface area contributed by atoms with Crippen LogP contribution in [0.5, 0.6) is 5.75 Å². The number of carbonyl (C=O) groups excluding carboxylic acids is 1. The van der Waals surface area contributed by atoms with Crippen molar-refractivity contribution in [3.63, 3.8) is 0 Å². The summed E-state index contributed by atoms with van der Waals surface area (Å²) < 4.78 is 5.29. The van der Waals surface area contributed by atoms with Crippen LogP contribution in [0.3, 0.4) is 0 Å². The van der Waals surface area contributed by atoms with Crippen molar-refractivity contribution in [3.05, 3.63) is 90.0 Å². The summed E-state index contributed by atoms with van der Waals surface area (Å²) >= 11 is 5.97. The van der Waals surface area contributed by atoms with Gasteiger partial charge in [0, 0.05) is 11.1 Å². The molecule has 31 heavy (non-hydrogen) atoms. The van der Waals surface area contributed by atoms with Crippen molar-refractivity contribution in [1.82, 2.24) is 0 Å². The minimum absolute atomic E-state index is 0.114. The summed E-state index contributed by atoms with van der Waals surface area (Å²) in [6, 6.07) is 20.7. The number of fused-ring (bicyclic) bond motifs is 1. The average Bonchev–Trinajstić information content (AvgIpc) is 2.79. The van der Waals surface area contributed by atoms with Crippen LogP contribution in [-0.2, 0) is 4.79 Å². The van der Waals surface area contributed by atoms with Crippen molar-refractivity contribution in [2.24, 2.45) is 0 Å². The molecule has 0 saturated heterocycles. The molecule has 3 aromatic carbocycles. The fraction of sp³-hybridized carbons (Fsp3) is 0.154. The first-order valence-electron chi connectivity index (χ1n) is 9.91. The maximum atomic E-state index is 12.2. The molecule has 3 rings (SSSR count). The van der Waals surface area contributed by atoms with Crippen LogP contribution in [0.25, 0.3) is 16.8 Å². The maximum Gasteiger partial charge on any atom is 0.248 e. The topological polar surface area (TPSA) is 62.1 Å². The van der Waals surface area contributed by atoms with Gasteiger partial charge in [-0.15, -0.1) is 6.58 Å². The molecule has 4 nitrogen and oxygen atoms in total. The molecule has 1 amide bonds. The van der Waals surface area contributed by atoms with Gasteiger partial charge in [-0.05, 0) is 53.6 Å². The maximum absolute atomic E-state index is 12.2. The van der Waals surface area contributed by atoms with Crippen molar-refractivity contribution in [2.45, 2.75) is 20.8 Å². The molecule has 160 valence electrons. The van der Waals surface area contributed by atoms with Gasteiger partial charge >= 0.3 is 0 Å². The van der Waals surface area contributed by atoms with Gasteiger partial charge in [-0.25, -0.2) is 0 Å². The van der Waals surface area contributed by atoms with E-state index in [4.69, 9.17) is 21.6 Å². The molecule has 0 radical (unpaired) electrons. The van der Waals surface area contributed by atoms with Crippen LogP contribution in [0.2, 0.25) is 5.02 Å². The summed E-state index contributed by atoms with van der Waals surface area (Å²) in [6.45, 7) is 9.14. The molecule has 1 N–H and O–H groups in total. The molecule has 0 spiro atoms. The van der Waals surface area contributed by atoms with E-state index in [-0.39, 0.29) is 12.5 Å². The molecule has 0 aliphatic rings. The van der Waals surface area contributed by atoms with Crippen LogP contribution >= 0.6 is 11.6 Å². The van der Waals surface area contributed by atoms with Crippen LogP contribution in [-0.4, -0.2) is 12.5 Å². The normalized spacial score (nSPS) is 9.52. The Labute approximate surface area is 189 Å². The Kier molecular flexibility index (Phi) is 11.9. The van der Waals surface area contributed by atoms with Crippen molar-refractivity contribution >= 4 is 40.0 Å². The molecule has 0 unspecified atom stereocenters. The third-order valence-corrected chi connectivity index (χ3v) is 3.93. The number of ether oxygens (including phenoxy) is 1. The highest BCUT2D eigenvalue weighted by atomic mass is 35.5. The number of rotatable bonds is 5. The first kappa shape index (κ1) is 25.5. The van der Waals surface area contributed by atoms with Crippen LogP contribution in [0.1, 0.15) is 26.3 Å². The smallest absolute Gasteiger partial charge is 0.248 e. The van der Waals surface area contributed by atoms with E-state index in [1.54, 1.807) is 30.4 Å². The second-order valence-corrected chi connectivity index (χ2v) is 6.36. The average molecular weight is 435 g/mol. The number of anilines is 1. The number of hydrogen-bond acceptors (Lipinski definition) is 3. The number of amides is 1. The predicted octanol–water partition coefficient (Wildman–Crippen LogP) is 7.27. The number of carbonyl (C=O) groups is 1. The molecule has 0 fully saturated rings. The largest absolute Gasteiger partial charge is 0.477 e. The van der Waals surface area contributed by atoms with Gasteiger partial charge in [0.25, 0.3) is 0 Å². The summed E-state index contributed by atoms with van der Waals surface area (Å²) in [5.41, 5.74) is 1.34. The van der Waals surface area contributed by atoms with Gasteiger partial charge in [0.05, 0.1) is 5.69 Å². The lowest BCUT2D eigenvalue weighted by Crippen LogP contribution is -2.09. The zero-order valence-corrected chi connectivity index (χ0v) is 18.8. The lowest BCUT2D eigenvalue weighted by atomic mass is 10.1. The third-order valence-electron chi connectivity index (χ3n) is 3.69. The number of benzene rings is 3. The summed E-state index contributed by atoms with van der Waals surface area (Å²) in [4.78, 5) is 12.2. The van der Waals surface area contributed by atoms with Gasteiger partial charge in [0.15, 0.2) is 6.61 Å². The number of halogens is 1.